The average molecular weight is 807 g/mol. The van der Waals surface area contributed by atoms with Crippen molar-refractivity contribution in [2.24, 2.45) is 0 Å². The van der Waals surface area contributed by atoms with E-state index in [4.69, 9.17) is 4.42 Å². The summed E-state index contributed by atoms with van der Waals surface area (Å²) in [5, 5.41) is 16.9. The van der Waals surface area contributed by atoms with Gasteiger partial charge in [0.1, 0.15) is 5.58 Å². The van der Waals surface area contributed by atoms with Crippen molar-refractivity contribution >= 4 is 135 Å². The average Bonchev–Trinajstić information content (AvgIpc) is 4.01. The Morgan fingerprint density at radius 1 is 0.355 bits per heavy atom. The van der Waals surface area contributed by atoms with Gasteiger partial charge in [-0.3, -0.25) is 0 Å². The van der Waals surface area contributed by atoms with Crippen molar-refractivity contribution in [3.8, 4) is 5.69 Å². The SMILES string of the molecule is c1ccc2c(c1)ccc1c3cc(N(c4ccc5c(c4)sc4ccccc45)c4cccc5c6ccccc6n(-c6cccc7c6oc6c8ccccc8ccc76)c45)ccc3ccc21. The summed E-state index contributed by atoms with van der Waals surface area (Å²) in [7, 11) is 0. The maximum absolute atomic E-state index is 7.05. The van der Waals surface area contributed by atoms with Crippen LogP contribution in [-0.2, 0) is 0 Å². The number of fused-ring (bicyclic) bond motifs is 16. The van der Waals surface area contributed by atoms with E-state index in [0.717, 1.165) is 61.1 Å². The lowest BCUT2D eigenvalue weighted by Crippen LogP contribution is -2.11. The molecular weight excluding hydrogens is 773 g/mol. The molecule has 0 N–H and O–H groups in total. The Labute approximate surface area is 359 Å². The van der Waals surface area contributed by atoms with Crippen LogP contribution < -0.4 is 4.90 Å². The van der Waals surface area contributed by atoms with E-state index in [1.807, 2.05) is 11.3 Å². The Morgan fingerprint density at radius 3 is 1.79 bits per heavy atom. The summed E-state index contributed by atoms with van der Waals surface area (Å²) in [4.78, 5) is 2.48. The van der Waals surface area contributed by atoms with Gasteiger partial charge in [-0.1, -0.05) is 152 Å². The first-order valence-electron chi connectivity index (χ1n) is 21.2. The third-order valence-corrected chi connectivity index (χ3v) is 14.3. The number of para-hydroxylation sites is 3. The van der Waals surface area contributed by atoms with Gasteiger partial charge >= 0.3 is 0 Å². The van der Waals surface area contributed by atoms with Gasteiger partial charge in [-0.2, -0.15) is 0 Å². The molecule has 14 aromatic rings. The van der Waals surface area contributed by atoms with E-state index in [1.165, 1.54) is 68.6 Å². The summed E-state index contributed by atoms with van der Waals surface area (Å²) in [6.45, 7) is 0. The molecule has 0 radical (unpaired) electrons. The fraction of sp³-hybridized carbons (Fsp3) is 0. The number of nitrogens with zero attached hydrogens (tertiary/aromatic N) is 2. The van der Waals surface area contributed by atoms with Gasteiger partial charge in [-0.15, -0.1) is 11.3 Å². The number of rotatable bonds is 4. The quantitative estimate of drug-likeness (QED) is 0.165. The van der Waals surface area contributed by atoms with Crippen LogP contribution >= 0.6 is 11.3 Å². The van der Waals surface area contributed by atoms with Gasteiger partial charge in [0, 0.05) is 58.5 Å². The van der Waals surface area contributed by atoms with E-state index >= 15 is 0 Å². The highest BCUT2D eigenvalue weighted by atomic mass is 32.1. The van der Waals surface area contributed by atoms with Crippen LogP contribution in [0.2, 0.25) is 0 Å². The molecule has 0 saturated heterocycles. The van der Waals surface area contributed by atoms with Crippen molar-refractivity contribution in [2.45, 2.75) is 0 Å². The predicted molar refractivity (Wildman–Crippen MR) is 266 cm³/mol. The molecule has 3 nitrogen and oxygen atoms in total. The lowest BCUT2D eigenvalue weighted by molar-refractivity contribution is 0.670. The molecule has 0 atom stereocenters. The van der Waals surface area contributed by atoms with Crippen molar-refractivity contribution in [1.29, 1.82) is 0 Å². The van der Waals surface area contributed by atoms with Crippen molar-refractivity contribution in [3.63, 3.8) is 0 Å². The third-order valence-electron chi connectivity index (χ3n) is 13.1. The van der Waals surface area contributed by atoms with Crippen LogP contribution in [0.5, 0.6) is 0 Å². The van der Waals surface area contributed by atoms with Crippen LogP contribution in [-0.4, -0.2) is 4.57 Å². The first-order valence-corrected chi connectivity index (χ1v) is 22.0. The van der Waals surface area contributed by atoms with Crippen LogP contribution in [0, 0.1) is 0 Å². The highest BCUT2D eigenvalue weighted by molar-refractivity contribution is 7.25. The van der Waals surface area contributed by atoms with E-state index in [9.17, 15) is 0 Å². The van der Waals surface area contributed by atoms with E-state index in [0.29, 0.717) is 0 Å². The molecule has 0 amide bonds. The number of benzene rings is 11. The molecule has 0 aliphatic rings. The maximum Gasteiger partial charge on any atom is 0.159 e. The first kappa shape index (κ1) is 33.9. The normalized spacial score (nSPS) is 12.2. The van der Waals surface area contributed by atoms with E-state index < -0.39 is 0 Å². The Balaban J connectivity index is 1.09. The molecule has 3 aromatic heterocycles. The Morgan fingerprint density at radius 2 is 0.919 bits per heavy atom. The molecule has 0 aliphatic carbocycles. The topological polar surface area (TPSA) is 21.3 Å². The summed E-state index contributed by atoms with van der Waals surface area (Å²) in [5.41, 5.74) is 8.33. The van der Waals surface area contributed by atoms with Crippen LogP contribution in [0.3, 0.4) is 0 Å². The largest absolute Gasteiger partial charge is 0.453 e. The molecule has 0 aliphatic heterocycles. The number of thiophene rings is 1. The van der Waals surface area contributed by atoms with Crippen LogP contribution in [0.15, 0.2) is 211 Å². The number of hydrogen-bond donors (Lipinski definition) is 0. The molecular formula is C58H34N2OS. The van der Waals surface area contributed by atoms with Gasteiger partial charge in [-0.25, -0.2) is 0 Å². The molecule has 0 bridgehead atoms. The Bertz CT molecular complexity index is 4190. The van der Waals surface area contributed by atoms with E-state index in [-0.39, 0.29) is 0 Å². The highest BCUT2D eigenvalue weighted by Crippen LogP contribution is 2.48. The molecule has 288 valence electrons. The van der Waals surface area contributed by atoms with Gasteiger partial charge in [-0.05, 0) is 92.3 Å². The number of furan rings is 1. The smallest absolute Gasteiger partial charge is 0.159 e. The van der Waals surface area contributed by atoms with Gasteiger partial charge in [0.25, 0.3) is 0 Å². The zero-order chi connectivity index (χ0) is 40.5. The maximum atomic E-state index is 7.05. The summed E-state index contributed by atoms with van der Waals surface area (Å²) in [5.74, 6) is 0. The second-order valence-electron chi connectivity index (χ2n) is 16.4. The Kier molecular flexibility index (Phi) is 6.99. The summed E-state index contributed by atoms with van der Waals surface area (Å²) in [6, 6.07) is 75.7. The number of hydrogen-bond acceptors (Lipinski definition) is 3. The van der Waals surface area contributed by atoms with Gasteiger partial charge in [0.2, 0.25) is 0 Å². The predicted octanol–water partition coefficient (Wildman–Crippen LogP) is 17.1. The molecule has 0 saturated carbocycles. The summed E-state index contributed by atoms with van der Waals surface area (Å²) < 4.78 is 12.1. The molecule has 4 heteroatoms. The number of anilines is 3. The summed E-state index contributed by atoms with van der Waals surface area (Å²) >= 11 is 1.86. The standard InChI is InChI=1S/C58H34N2OS/c1-3-13-40-35(11-1)24-30-43-42(40)29-25-37-23-27-38(33-50(37)43)59(39-28-32-46-45-16-6-8-22-54(45)62-55(46)34-39)52-20-9-17-47-44-15-5-7-19-51(44)60(56(47)52)53-21-10-18-48-49-31-26-36-12-2-4-14-41(36)57(49)61-58(48)53/h1-34H. The highest BCUT2D eigenvalue weighted by Gasteiger charge is 2.25. The number of aromatic nitrogens is 1. The van der Waals surface area contributed by atoms with Crippen LogP contribution in [0.4, 0.5) is 17.1 Å². The minimum Gasteiger partial charge on any atom is -0.453 e. The molecule has 3 heterocycles. The van der Waals surface area contributed by atoms with Gasteiger partial charge in [0.15, 0.2) is 5.58 Å². The summed E-state index contributed by atoms with van der Waals surface area (Å²) in [6.07, 6.45) is 0. The second-order valence-corrected chi connectivity index (χ2v) is 17.5. The molecule has 0 fully saturated rings. The van der Waals surface area contributed by atoms with Crippen molar-refractivity contribution in [3.05, 3.63) is 206 Å². The van der Waals surface area contributed by atoms with Crippen molar-refractivity contribution in [2.75, 3.05) is 4.90 Å². The fourth-order valence-corrected chi connectivity index (χ4v) is 11.5. The monoisotopic (exact) mass is 806 g/mol. The zero-order valence-corrected chi connectivity index (χ0v) is 34.2. The van der Waals surface area contributed by atoms with Gasteiger partial charge < -0.3 is 13.9 Å². The van der Waals surface area contributed by atoms with E-state index in [1.54, 1.807) is 0 Å². The minimum absolute atomic E-state index is 0.874. The third kappa shape index (κ3) is 4.75. The molecule has 62 heavy (non-hydrogen) atoms. The molecule has 14 rings (SSSR count). The fourth-order valence-electron chi connectivity index (χ4n) is 10.3. The molecule has 0 unspecified atom stereocenters. The van der Waals surface area contributed by atoms with E-state index in [2.05, 4.69) is 216 Å². The minimum atomic E-state index is 0.874. The molecule has 0 spiro atoms. The zero-order valence-electron chi connectivity index (χ0n) is 33.3. The molecule has 11 aromatic carbocycles. The van der Waals surface area contributed by atoms with Crippen LogP contribution in [0.1, 0.15) is 0 Å². The lowest BCUT2D eigenvalue weighted by Gasteiger charge is -2.27. The second kappa shape index (κ2) is 12.8. The van der Waals surface area contributed by atoms with Crippen LogP contribution in [0.25, 0.3) is 113 Å². The van der Waals surface area contributed by atoms with Gasteiger partial charge in [0.05, 0.1) is 22.4 Å². The van der Waals surface area contributed by atoms with Crippen molar-refractivity contribution < 1.29 is 4.42 Å². The lowest BCUT2D eigenvalue weighted by atomic mass is 9.96. The van der Waals surface area contributed by atoms with Crippen molar-refractivity contribution in [1.82, 2.24) is 4.57 Å². The Hall–Kier alpha value is -7.92. The first-order chi connectivity index (χ1) is 30.7.